The van der Waals surface area contributed by atoms with E-state index in [4.69, 9.17) is 9.47 Å². The first kappa shape index (κ1) is 20.9. The zero-order chi connectivity index (χ0) is 21.1. The topological polar surface area (TPSA) is 59.8 Å². The van der Waals surface area contributed by atoms with E-state index in [2.05, 4.69) is 26.6 Å². The Balaban J connectivity index is 1.46. The Morgan fingerprint density at radius 1 is 1.23 bits per heavy atom. The molecule has 1 aromatic carbocycles. The average Bonchev–Trinajstić information content (AvgIpc) is 3.26. The molecule has 1 fully saturated rings. The number of piperidine rings is 1. The SMILES string of the molecule is CCN(CC)C(=O)[C@H]1Cn2ccnc2C2(CCN(Cc3ccc(OC)cc3)CC2)O1. The summed E-state index contributed by atoms with van der Waals surface area (Å²) >= 11 is 0. The van der Waals surface area contributed by atoms with E-state index in [1.165, 1.54) is 5.56 Å². The van der Waals surface area contributed by atoms with Crippen molar-refractivity contribution in [3.63, 3.8) is 0 Å². The van der Waals surface area contributed by atoms with E-state index >= 15 is 0 Å². The highest BCUT2D eigenvalue weighted by Gasteiger charge is 2.47. The van der Waals surface area contributed by atoms with Crippen LogP contribution in [-0.4, -0.2) is 64.7 Å². The molecule has 0 radical (unpaired) electrons. The number of rotatable bonds is 6. The number of likely N-dealkylation sites (N-methyl/N-ethyl adjacent to an activating group) is 1. The molecule has 1 atom stereocenters. The maximum absolute atomic E-state index is 13.0. The van der Waals surface area contributed by atoms with Crippen molar-refractivity contribution in [2.45, 2.75) is 51.5 Å². The van der Waals surface area contributed by atoms with Crippen LogP contribution in [0.1, 0.15) is 38.1 Å². The summed E-state index contributed by atoms with van der Waals surface area (Å²) in [4.78, 5) is 21.9. The molecule has 3 heterocycles. The van der Waals surface area contributed by atoms with Crippen LogP contribution in [0.15, 0.2) is 36.7 Å². The Hall–Kier alpha value is -2.38. The zero-order valence-electron chi connectivity index (χ0n) is 18.2. The van der Waals surface area contributed by atoms with Crippen molar-refractivity contribution in [2.75, 3.05) is 33.3 Å². The van der Waals surface area contributed by atoms with E-state index in [1.54, 1.807) is 7.11 Å². The predicted octanol–water partition coefficient (Wildman–Crippen LogP) is 2.65. The summed E-state index contributed by atoms with van der Waals surface area (Å²) in [6.45, 7) is 8.69. The van der Waals surface area contributed by atoms with Crippen LogP contribution >= 0.6 is 0 Å². The summed E-state index contributed by atoms with van der Waals surface area (Å²) in [7, 11) is 1.69. The second-order valence-electron chi connectivity index (χ2n) is 8.14. The molecular formula is C23H32N4O3. The summed E-state index contributed by atoms with van der Waals surface area (Å²) < 4.78 is 13.9. The molecule has 0 unspecified atom stereocenters. The van der Waals surface area contributed by atoms with Crippen LogP contribution in [0, 0.1) is 0 Å². The second kappa shape index (κ2) is 8.78. The minimum atomic E-state index is -0.481. The van der Waals surface area contributed by atoms with Gasteiger partial charge in [0.2, 0.25) is 0 Å². The van der Waals surface area contributed by atoms with Gasteiger partial charge in [0, 0.05) is 45.1 Å². The highest BCUT2D eigenvalue weighted by atomic mass is 16.5. The molecule has 4 rings (SSSR count). The van der Waals surface area contributed by atoms with E-state index in [9.17, 15) is 4.79 Å². The Morgan fingerprint density at radius 2 is 1.93 bits per heavy atom. The fourth-order valence-electron chi connectivity index (χ4n) is 4.67. The molecular weight excluding hydrogens is 380 g/mol. The summed E-state index contributed by atoms with van der Waals surface area (Å²) in [5.41, 5.74) is 0.790. The Kier molecular flexibility index (Phi) is 6.11. The molecule has 0 aliphatic carbocycles. The lowest BCUT2D eigenvalue weighted by Gasteiger charge is -2.46. The monoisotopic (exact) mass is 412 g/mol. The van der Waals surface area contributed by atoms with Gasteiger partial charge in [0.15, 0.2) is 6.10 Å². The molecule has 7 nitrogen and oxygen atoms in total. The number of methoxy groups -OCH3 is 1. The maximum Gasteiger partial charge on any atom is 0.253 e. The van der Waals surface area contributed by atoms with Gasteiger partial charge < -0.3 is 18.9 Å². The van der Waals surface area contributed by atoms with Crippen LogP contribution < -0.4 is 4.74 Å². The second-order valence-corrected chi connectivity index (χ2v) is 8.14. The van der Waals surface area contributed by atoms with Gasteiger partial charge in [0.05, 0.1) is 13.7 Å². The number of fused-ring (bicyclic) bond motifs is 2. The first-order valence-electron chi connectivity index (χ1n) is 10.9. The quantitative estimate of drug-likeness (QED) is 0.730. The van der Waals surface area contributed by atoms with Crippen LogP contribution in [0.4, 0.5) is 0 Å². The van der Waals surface area contributed by atoms with Gasteiger partial charge in [0.1, 0.15) is 17.2 Å². The van der Waals surface area contributed by atoms with Gasteiger partial charge in [-0.05, 0) is 44.4 Å². The maximum atomic E-state index is 13.0. The van der Waals surface area contributed by atoms with E-state index in [0.717, 1.165) is 44.0 Å². The third-order valence-electron chi connectivity index (χ3n) is 6.43. The molecule has 1 aromatic heterocycles. The van der Waals surface area contributed by atoms with Gasteiger partial charge in [-0.2, -0.15) is 0 Å². The van der Waals surface area contributed by atoms with Gasteiger partial charge in [-0.15, -0.1) is 0 Å². The molecule has 0 bridgehead atoms. The third kappa shape index (κ3) is 3.96. The average molecular weight is 413 g/mol. The molecule has 2 aliphatic heterocycles. The predicted molar refractivity (Wildman–Crippen MR) is 114 cm³/mol. The summed E-state index contributed by atoms with van der Waals surface area (Å²) in [5, 5.41) is 0. The third-order valence-corrected chi connectivity index (χ3v) is 6.43. The number of carbonyl (C=O) groups excluding carboxylic acids is 1. The lowest BCUT2D eigenvalue weighted by atomic mass is 9.88. The van der Waals surface area contributed by atoms with Crippen molar-refractivity contribution >= 4 is 5.91 Å². The summed E-state index contributed by atoms with van der Waals surface area (Å²) in [5.74, 6) is 1.93. The summed E-state index contributed by atoms with van der Waals surface area (Å²) in [6.07, 6.45) is 5.03. The zero-order valence-corrected chi connectivity index (χ0v) is 18.2. The van der Waals surface area contributed by atoms with Crippen LogP contribution in [-0.2, 0) is 28.2 Å². The largest absolute Gasteiger partial charge is 0.497 e. The number of carbonyl (C=O) groups is 1. The fourth-order valence-corrected chi connectivity index (χ4v) is 4.67. The highest BCUT2D eigenvalue weighted by molar-refractivity contribution is 5.81. The number of amides is 1. The van der Waals surface area contributed by atoms with Crippen molar-refractivity contribution in [3.05, 3.63) is 48.0 Å². The molecule has 7 heteroatoms. The minimum Gasteiger partial charge on any atom is -0.497 e. The van der Waals surface area contributed by atoms with E-state index in [0.29, 0.717) is 19.6 Å². The normalized spacial score (nSPS) is 20.7. The van der Waals surface area contributed by atoms with Gasteiger partial charge in [0.25, 0.3) is 5.91 Å². The number of ether oxygens (including phenoxy) is 2. The molecule has 30 heavy (non-hydrogen) atoms. The number of benzene rings is 1. The van der Waals surface area contributed by atoms with Crippen LogP contribution in [0.3, 0.4) is 0 Å². The molecule has 0 N–H and O–H groups in total. The first-order chi connectivity index (χ1) is 14.6. The summed E-state index contributed by atoms with van der Waals surface area (Å²) in [6, 6.07) is 8.24. The van der Waals surface area contributed by atoms with Gasteiger partial charge >= 0.3 is 0 Å². The van der Waals surface area contributed by atoms with Crippen molar-refractivity contribution in [1.29, 1.82) is 0 Å². The van der Waals surface area contributed by atoms with Crippen molar-refractivity contribution in [1.82, 2.24) is 19.4 Å². The van der Waals surface area contributed by atoms with Crippen molar-refractivity contribution in [3.8, 4) is 5.75 Å². The number of hydrogen-bond donors (Lipinski definition) is 0. The molecule has 0 saturated carbocycles. The van der Waals surface area contributed by atoms with E-state index in [-0.39, 0.29) is 5.91 Å². The van der Waals surface area contributed by atoms with Gasteiger partial charge in [-0.3, -0.25) is 9.69 Å². The lowest BCUT2D eigenvalue weighted by molar-refractivity contribution is -0.181. The Morgan fingerprint density at radius 3 is 2.57 bits per heavy atom. The fraction of sp³-hybridized carbons (Fsp3) is 0.565. The molecule has 1 spiro atoms. The van der Waals surface area contributed by atoms with Crippen LogP contribution in [0.2, 0.25) is 0 Å². The van der Waals surface area contributed by atoms with Gasteiger partial charge in [-0.1, -0.05) is 12.1 Å². The lowest BCUT2D eigenvalue weighted by Crippen LogP contribution is -2.54. The van der Waals surface area contributed by atoms with E-state index < -0.39 is 11.7 Å². The standard InChI is InChI=1S/C23H32N4O3/c1-4-26(5-2)21(28)20-17-27-15-12-24-22(27)23(30-20)10-13-25(14-11-23)16-18-6-8-19(29-3)9-7-18/h6-9,12,15,20H,4-5,10-11,13-14,16-17H2,1-3H3/t20-/m1/s1. The Labute approximate surface area is 178 Å². The van der Waals surface area contributed by atoms with Crippen molar-refractivity contribution in [2.24, 2.45) is 0 Å². The van der Waals surface area contributed by atoms with Crippen LogP contribution in [0.25, 0.3) is 0 Å². The Bertz CT molecular complexity index is 852. The van der Waals surface area contributed by atoms with E-state index in [1.807, 2.05) is 43.3 Å². The molecule has 1 saturated heterocycles. The first-order valence-corrected chi connectivity index (χ1v) is 10.9. The molecule has 2 aliphatic rings. The number of aromatic nitrogens is 2. The highest BCUT2D eigenvalue weighted by Crippen LogP contribution is 2.40. The molecule has 162 valence electrons. The van der Waals surface area contributed by atoms with Gasteiger partial charge in [-0.25, -0.2) is 4.98 Å². The van der Waals surface area contributed by atoms with Crippen molar-refractivity contribution < 1.29 is 14.3 Å². The number of likely N-dealkylation sites (tertiary alicyclic amines) is 1. The number of hydrogen-bond acceptors (Lipinski definition) is 5. The number of imidazole rings is 1. The molecule has 1 amide bonds. The smallest absolute Gasteiger partial charge is 0.253 e. The minimum absolute atomic E-state index is 0.0828. The van der Waals surface area contributed by atoms with Crippen LogP contribution in [0.5, 0.6) is 5.75 Å². The number of nitrogens with zero attached hydrogens (tertiary/aromatic N) is 4. The molecule has 2 aromatic rings.